The van der Waals surface area contributed by atoms with E-state index in [-0.39, 0.29) is 0 Å². The van der Waals surface area contributed by atoms with Gasteiger partial charge in [-0.1, -0.05) is 20.7 Å². The Kier molecular flexibility index (Phi) is 1.20. The summed E-state index contributed by atoms with van der Waals surface area (Å²) in [5, 5.41) is 7.46. The molecule has 1 aromatic rings. The summed E-state index contributed by atoms with van der Waals surface area (Å²) in [5.74, 6) is 0. The van der Waals surface area contributed by atoms with Gasteiger partial charge in [-0.15, -0.1) is 0 Å². The van der Waals surface area contributed by atoms with Crippen LogP contribution in [0.4, 0.5) is 0 Å². The third-order valence-electron chi connectivity index (χ3n) is 1.67. The second-order valence-electron chi connectivity index (χ2n) is 2.25. The number of nitrogens with one attached hydrogen (secondary N) is 1. The van der Waals surface area contributed by atoms with Crippen LogP contribution >= 0.6 is 20.7 Å². The van der Waals surface area contributed by atoms with Crippen LogP contribution in [0.15, 0.2) is 0 Å². The molecule has 0 atom stereocenters. The average molecular weight is 157 g/mol. The Bertz CT molecular complexity index is 271. The molecule has 3 heteroatoms. The van der Waals surface area contributed by atoms with Gasteiger partial charge in [-0.3, -0.25) is 5.41 Å². The summed E-state index contributed by atoms with van der Waals surface area (Å²) < 4.78 is 0.813. The lowest BCUT2D eigenvalue weighted by atomic mass is 10.3. The fourth-order valence-corrected chi connectivity index (χ4v) is 3.70. The summed E-state index contributed by atoms with van der Waals surface area (Å²) in [7, 11) is 3.41. The Morgan fingerprint density at radius 3 is 2.89 bits per heavy atom. The minimum absolute atomic E-state index is 0.813. The van der Waals surface area contributed by atoms with Gasteiger partial charge < -0.3 is 0 Å². The van der Waals surface area contributed by atoms with Crippen LogP contribution in [0, 0.1) is 5.41 Å². The van der Waals surface area contributed by atoms with E-state index in [0.717, 1.165) is 11.1 Å². The second-order valence-corrected chi connectivity index (χ2v) is 4.49. The molecule has 2 rings (SSSR count). The first-order chi connectivity index (χ1) is 4.38. The Hall–Kier alpha value is -0.150. The zero-order valence-corrected chi connectivity index (χ0v) is 6.57. The summed E-state index contributed by atoms with van der Waals surface area (Å²) in [6.07, 6.45) is 3.67. The SMILES string of the molecule is N=c1ssc2c1CCC2. The zero-order chi connectivity index (χ0) is 6.27. The lowest BCUT2D eigenvalue weighted by Crippen LogP contribution is -1.95. The molecule has 0 radical (unpaired) electrons. The minimum Gasteiger partial charge on any atom is -0.290 e. The van der Waals surface area contributed by atoms with Crippen molar-refractivity contribution in [1.82, 2.24) is 0 Å². The second kappa shape index (κ2) is 1.92. The Morgan fingerprint density at radius 1 is 1.22 bits per heavy atom. The predicted molar refractivity (Wildman–Crippen MR) is 40.1 cm³/mol. The van der Waals surface area contributed by atoms with Gasteiger partial charge in [0.1, 0.15) is 4.67 Å². The summed E-state index contributed by atoms with van der Waals surface area (Å²) in [5.41, 5.74) is 1.34. The lowest BCUT2D eigenvalue weighted by molar-refractivity contribution is 0.911. The maximum atomic E-state index is 7.46. The first-order valence-corrected chi connectivity index (χ1v) is 5.18. The summed E-state index contributed by atoms with van der Waals surface area (Å²) in [6, 6.07) is 0. The summed E-state index contributed by atoms with van der Waals surface area (Å²) in [4.78, 5) is 1.48. The molecule has 0 unspecified atom stereocenters. The van der Waals surface area contributed by atoms with E-state index in [4.69, 9.17) is 5.41 Å². The molecule has 0 spiro atoms. The quantitative estimate of drug-likeness (QED) is 0.555. The lowest BCUT2D eigenvalue weighted by Gasteiger charge is -1.79. The van der Waals surface area contributed by atoms with Crippen LogP contribution in [-0.4, -0.2) is 0 Å². The van der Waals surface area contributed by atoms with Crippen molar-refractivity contribution in [2.45, 2.75) is 19.3 Å². The smallest absolute Gasteiger partial charge is 0.122 e. The van der Waals surface area contributed by atoms with Gasteiger partial charge in [-0.2, -0.15) is 0 Å². The topological polar surface area (TPSA) is 23.9 Å². The number of rotatable bonds is 0. The highest BCUT2D eigenvalue weighted by molar-refractivity contribution is 7.68. The molecule has 1 aliphatic rings. The molecule has 0 saturated carbocycles. The van der Waals surface area contributed by atoms with Crippen molar-refractivity contribution < 1.29 is 0 Å². The van der Waals surface area contributed by atoms with Gasteiger partial charge in [0.05, 0.1) is 0 Å². The van der Waals surface area contributed by atoms with E-state index in [9.17, 15) is 0 Å². The molecule has 0 fully saturated rings. The third kappa shape index (κ3) is 0.756. The average Bonchev–Trinajstić information content (AvgIpc) is 2.35. The molecular formula is C6H7NS2. The zero-order valence-electron chi connectivity index (χ0n) is 4.94. The highest BCUT2D eigenvalue weighted by Gasteiger charge is 2.13. The standard InChI is InChI=1S/C6H7NS2/c7-6-4-2-1-3-5(4)8-9-6/h7H,1-3H2. The van der Waals surface area contributed by atoms with Crippen LogP contribution in [0.25, 0.3) is 0 Å². The van der Waals surface area contributed by atoms with Gasteiger partial charge in [0.15, 0.2) is 0 Å². The van der Waals surface area contributed by atoms with Gasteiger partial charge in [-0.25, -0.2) is 0 Å². The maximum absolute atomic E-state index is 7.46. The van der Waals surface area contributed by atoms with Crippen LogP contribution in [0.2, 0.25) is 0 Å². The number of hydrogen-bond donors (Lipinski definition) is 1. The molecule has 1 nitrogen and oxygen atoms in total. The molecule has 0 saturated heterocycles. The van der Waals surface area contributed by atoms with Gasteiger partial charge >= 0.3 is 0 Å². The van der Waals surface area contributed by atoms with E-state index in [1.807, 2.05) is 0 Å². The largest absolute Gasteiger partial charge is 0.290 e. The van der Waals surface area contributed by atoms with E-state index in [0.29, 0.717) is 0 Å². The highest BCUT2D eigenvalue weighted by atomic mass is 32.9. The minimum atomic E-state index is 0.813. The van der Waals surface area contributed by atoms with Crippen LogP contribution in [0.1, 0.15) is 16.9 Å². The van der Waals surface area contributed by atoms with E-state index in [1.54, 1.807) is 20.7 Å². The van der Waals surface area contributed by atoms with E-state index >= 15 is 0 Å². The Morgan fingerprint density at radius 2 is 2.11 bits per heavy atom. The summed E-state index contributed by atoms with van der Waals surface area (Å²) >= 11 is 0. The van der Waals surface area contributed by atoms with Gasteiger partial charge in [0.25, 0.3) is 0 Å². The highest BCUT2D eigenvalue weighted by Crippen LogP contribution is 2.25. The van der Waals surface area contributed by atoms with Crippen LogP contribution < -0.4 is 4.67 Å². The van der Waals surface area contributed by atoms with E-state index in [2.05, 4.69) is 0 Å². The Balaban J connectivity index is 2.70. The van der Waals surface area contributed by atoms with E-state index in [1.165, 1.54) is 23.3 Å². The van der Waals surface area contributed by atoms with Crippen molar-refractivity contribution in [1.29, 1.82) is 5.41 Å². The van der Waals surface area contributed by atoms with E-state index < -0.39 is 0 Å². The van der Waals surface area contributed by atoms with Crippen molar-refractivity contribution in [2.24, 2.45) is 0 Å². The number of hydrogen-bond acceptors (Lipinski definition) is 3. The summed E-state index contributed by atoms with van der Waals surface area (Å²) in [6.45, 7) is 0. The number of fused-ring (bicyclic) bond motifs is 1. The third-order valence-corrected chi connectivity index (χ3v) is 4.17. The molecule has 1 heterocycles. The normalized spacial score (nSPS) is 16.0. The van der Waals surface area contributed by atoms with Gasteiger partial charge in [-0.05, 0) is 19.3 Å². The van der Waals surface area contributed by atoms with Crippen LogP contribution in [0.3, 0.4) is 0 Å². The predicted octanol–water partition coefficient (Wildman–Crippen LogP) is 1.78. The molecule has 1 aromatic heterocycles. The fourth-order valence-electron chi connectivity index (χ4n) is 1.19. The molecule has 0 bridgehead atoms. The van der Waals surface area contributed by atoms with Crippen LogP contribution in [0.5, 0.6) is 0 Å². The molecule has 1 aliphatic carbocycles. The molecule has 0 aromatic carbocycles. The fraction of sp³-hybridized carbons (Fsp3) is 0.500. The van der Waals surface area contributed by atoms with Crippen molar-refractivity contribution in [3.63, 3.8) is 0 Å². The monoisotopic (exact) mass is 157 g/mol. The van der Waals surface area contributed by atoms with Crippen molar-refractivity contribution in [3.05, 3.63) is 15.1 Å². The first-order valence-electron chi connectivity index (χ1n) is 3.03. The molecular weight excluding hydrogens is 150 g/mol. The molecule has 9 heavy (non-hydrogen) atoms. The van der Waals surface area contributed by atoms with Crippen molar-refractivity contribution >= 4 is 20.7 Å². The van der Waals surface area contributed by atoms with Gasteiger partial charge in [0.2, 0.25) is 0 Å². The molecule has 0 aliphatic heterocycles. The molecule has 0 amide bonds. The number of aryl methyl sites for hydroxylation is 1. The van der Waals surface area contributed by atoms with Crippen molar-refractivity contribution in [2.75, 3.05) is 0 Å². The maximum Gasteiger partial charge on any atom is 0.122 e. The first kappa shape index (κ1) is 5.62. The van der Waals surface area contributed by atoms with Gasteiger partial charge in [0, 0.05) is 10.4 Å². The Labute approximate surface area is 60.9 Å². The van der Waals surface area contributed by atoms with Crippen molar-refractivity contribution in [3.8, 4) is 0 Å². The molecule has 1 N–H and O–H groups in total. The molecule has 48 valence electrons. The van der Waals surface area contributed by atoms with Crippen LogP contribution in [-0.2, 0) is 12.8 Å².